The van der Waals surface area contributed by atoms with Crippen LogP contribution in [0.4, 0.5) is 0 Å². The lowest BCUT2D eigenvalue weighted by atomic mass is 10.2. The first-order valence-electron chi connectivity index (χ1n) is 4.46. The Morgan fingerprint density at radius 1 is 1.44 bits per heavy atom. The van der Waals surface area contributed by atoms with E-state index >= 15 is 0 Å². The molecule has 16 heavy (non-hydrogen) atoms. The molecule has 2 heterocycles. The summed E-state index contributed by atoms with van der Waals surface area (Å²) in [7, 11) is 2.83. The second-order valence-electron chi connectivity index (χ2n) is 3.08. The number of carbonyl (C=O) groups excluding carboxylic acids is 1. The van der Waals surface area contributed by atoms with Crippen LogP contribution in [0.3, 0.4) is 0 Å². The van der Waals surface area contributed by atoms with E-state index in [1.165, 1.54) is 14.2 Å². The maximum Gasteiger partial charge on any atom is 0.341 e. The smallest absolute Gasteiger partial charge is 0.341 e. The van der Waals surface area contributed by atoms with Crippen LogP contribution in [0.5, 0.6) is 5.75 Å². The van der Waals surface area contributed by atoms with E-state index in [9.17, 15) is 4.79 Å². The zero-order valence-electron chi connectivity index (χ0n) is 8.73. The van der Waals surface area contributed by atoms with Crippen molar-refractivity contribution in [3.05, 3.63) is 28.6 Å². The Morgan fingerprint density at radius 3 is 2.81 bits per heavy atom. The first-order chi connectivity index (χ1) is 7.65. The fraction of sp³-hybridized carbons (Fsp3) is 0.200. The second-order valence-corrected chi connectivity index (χ2v) is 3.89. The molecule has 0 aliphatic carbocycles. The van der Waals surface area contributed by atoms with Crippen molar-refractivity contribution < 1.29 is 14.3 Å². The molecule has 0 atom stereocenters. The number of nitrogens with zero attached hydrogens (tertiary/aromatic N) is 2. The van der Waals surface area contributed by atoms with Crippen LogP contribution in [0.2, 0.25) is 0 Å². The Morgan fingerprint density at radius 2 is 2.19 bits per heavy atom. The van der Waals surface area contributed by atoms with E-state index in [0.717, 1.165) is 0 Å². The summed E-state index contributed by atoms with van der Waals surface area (Å²) >= 11 is 3.26. The molecule has 0 N–H and O–H groups in total. The Bertz CT molecular complexity index is 550. The third kappa shape index (κ3) is 1.76. The molecule has 2 rings (SSSR count). The highest BCUT2D eigenvalue weighted by Crippen LogP contribution is 2.22. The molecule has 6 heteroatoms. The topological polar surface area (TPSA) is 52.8 Å². The number of fused-ring (bicyclic) bond motifs is 1. The Hall–Kier alpha value is -1.56. The van der Waals surface area contributed by atoms with E-state index in [0.29, 0.717) is 21.6 Å². The fourth-order valence-corrected chi connectivity index (χ4v) is 1.82. The van der Waals surface area contributed by atoms with Crippen LogP contribution >= 0.6 is 15.9 Å². The minimum absolute atomic E-state index is 0.357. The van der Waals surface area contributed by atoms with E-state index in [1.54, 1.807) is 22.9 Å². The third-order valence-corrected chi connectivity index (χ3v) is 2.53. The first-order valence-corrected chi connectivity index (χ1v) is 5.25. The van der Waals surface area contributed by atoms with E-state index < -0.39 is 5.97 Å². The molecule has 0 bridgehead atoms. The van der Waals surface area contributed by atoms with Gasteiger partial charge in [-0.2, -0.15) is 0 Å². The summed E-state index contributed by atoms with van der Waals surface area (Å²) in [5, 5.41) is 0. The average Bonchev–Trinajstić information content (AvgIpc) is 2.65. The summed E-state index contributed by atoms with van der Waals surface area (Å²) in [5.41, 5.74) is 1.00. The standard InChI is InChI=1S/C10H9BrN2O3/c1-15-7-4-13-5-8(11)12-9(13)3-6(7)10(14)16-2/h3-5H,1-2H3. The average molecular weight is 285 g/mol. The lowest BCUT2D eigenvalue weighted by Gasteiger charge is -2.06. The molecule has 0 radical (unpaired) electrons. The highest BCUT2D eigenvalue weighted by atomic mass is 79.9. The van der Waals surface area contributed by atoms with Crippen molar-refractivity contribution in [1.29, 1.82) is 0 Å². The summed E-state index contributed by atoms with van der Waals surface area (Å²) in [6, 6.07) is 1.62. The SMILES string of the molecule is COC(=O)c1cc2nc(Br)cn2cc1OC. The van der Waals surface area contributed by atoms with Gasteiger partial charge in [-0.25, -0.2) is 9.78 Å². The van der Waals surface area contributed by atoms with E-state index in [2.05, 4.69) is 25.7 Å². The maximum atomic E-state index is 11.5. The minimum atomic E-state index is -0.446. The molecule has 0 aromatic carbocycles. The Kier molecular flexibility index (Phi) is 2.82. The lowest BCUT2D eigenvalue weighted by Crippen LogP contribution is -2.05. The van der Waals surface area contributed by atoms with Crippen LogP contribution in [0, 0.1) is 0 Å². The minimum Gasteiger partial charge on any atom is -0.494 e. The van der Waals surface area contributed by atoms with E-state index in [-0.39, 0.29) is 0 Å². The molecule has 0 aliphatic heterocycles. The molecule has 5 nitrogen and oxygen atoms in total. The summed E-state index contributed by atoms with van der Waals surface area (Å²) in [6.07, 6.45) is 3.46. The van der Waals surface area contributed by atoms with Crippen molar-refractivity contribution in [3.63, 3.8) is 0 Å². The number of imidazole rings is 1. The Labute approximate surface area is 100 Å². The number of methoxy groups -OCH3 is 2. The van der Waals surface area contributed by atoms with Crippen LogP contribution < -0.4 is 4.74 Å². The number of ether oxygens (including phenoxy) is 2. The highest BCUT2D eigenvalue weighted by molar-refractivity contribution is 9.10. The summed E-state index contributed by atoms with van der Waals surface area (Å²) in [4.78, 5) is 15.7. The molecule has 2 aromatic rings. The van der Waals surface area contributed by atoms with Gasteiger partial charge in [0.05, 0.1) is 20.4 Å². The van der Waals surface area contributed by atoms with E-state index in [4.69, 9.17) is 4.74 Å². The number of hydrogen-bond acceptors (Lipinski definition) is 4. The van der Waals surface area contributed by atoms with Gasteiger partial charge in [-0.15, -0.1) is 0 Å². The highest BCUT2D eigenvalue weighted by Gasteiger charge is 2.15. The number of esters is 1. The maximum absolute atomic E-state index is 11.5. The number of hydrogen-bond donors (Lipinski definition) is 0. The lowest BCUT2D eigenvalue weighted by molar-refractivity contribution is 0.0597. The van der Waals surface area contributed by atoms with Crippen molar-refractivity contribution in [3.8, 4) is 5.75 Å². The molecule has 84 valence electrons. The van der Waals surface area contributed by atoms with Crippen LogP contribution in [0.1, 0.15) is 10.4 Å². The summed E-state index contributed by atoms with van der Waals surface area (Å²) in [5.74, 6) is 0.00252. The zero-order valence-corrected chi connectivity index (χ0v) is 10.3. The first kappa shape index (κ1) is 10.9. The van der Waals surface area contributed by atoms with Crippen molar-refractivity contribution in [1.82, 2.24) is 9.38 Å². The van der Waals surface area contributed by atoms with Gasteiger partial charge in [-0.05, 0) is 22.0 Å². The molecule has 0 spiro atoms. The number of aromatic nitrogens is 2. The number of pyridine rings is 1. The van der Waals surface area contributed by atoms with Gasteiger partial charge < -0.3 is 13.9 Å². The monoisotopic (exact) mass is 284 g/mol. The quantitative estimate of drug-likeness (QED) is 0.791. The van der Waals surface area contributed by atoms with E-state index in [1.807, 2.05) is 0 Å². The van der Waals surface area contributed by atoms with Crippen molar-refractivity contribution >= 4 is 27.5 Å². The van der Waals surface area contributed by atoms with Gasteiger partial charge in [-0.3, -0.25) is 0 Å². The van der Waals surface area contributed by atoms with Gasteiger partial charge in [0.1, 0.15) is 21.6 Å². The molecule has 2 aromatic heterocycles. The largest absolute Gasteiger partial charge is 0.494 e. The third-order valence-electron chi connectivity index (χ3n) is 2.15. The van der Waals surface area contributed by atoms with Crippen LogP contribution in [0.15, 0.2) is 23.1 Å². The molecule has 0 unspecified atom stereocenters. The van der Waals surface area contributed by atoms with Gasteiger partial charge in [0, 0.05) is 6.20 Å². The number of rotatable bonds is 2. The molecular formula is C10H9BrN2O3. The molecule has 0 fully saturated rings. The predicted molar refractivity (Wildman–Crippen MR) is 60.8 cm³/mol. The van der Waals surface area contributed by atoms with Crippen molar-refractivity contribution in [2.75, 3.05) is 14.2 Å². The summed E-state index contributed by atoms with van der Waals surface area (Å²) in [6.45, 7) is 0. The van der Waals surface area contributed by atoms with Gasteiger partial charge in [0.15, 0.2) is 0 Å². The van der Waals surface area contributed by atoms with Gasteiger partial charge in [0.25, 0.3) is 0 Å². The molecule has 0 saturated heterocycles. The Balaban J connectivity index is 2.66. The number of halogens is 1. The van der Waals surface area contributed by atoms with Crippen LogP contribution in [-0.4, -0.2) is 29.6 Å². The van der Waals surface area contributed by atoms with Gasteiger partial charge >= 0.3 is 5.97 Å². The summed E-state index contributed by atoms with van der Waals surface area (Å²) < 4.78 is 12.2. The fourth-order valence-electron chi connectivity index (χ4n) is 1.42. The van der Waals surface area contributed by atoms with Crippen LogP contribution in [0.25, 0.3) is 5.65 Å². The molecule has 0 aliphatic rings. The van der Waals surface area contributed by atoms with Crippen molar-refractivity contribution in [2.24, 2.45) is 0 Å². The van der Waals surface area contributed by atoms with Gasteiger partial charge in [0.2, 0.25) is 0 Å². The van der Waals surface area contributed by atoms with Gasteiger partial charge in [-0.1, -0.05) is 0 Å². The molecule has 0 saturated carbocycles. The zero-order chi connectivity index (χ0) is 11.7. The van der Waals surface area contributed by atoms with Crippen LogP contribution in [-0.2, 0) is 4.74 Å². The molecule has 0 amide bonds. The van der Waals surface area contributed by atoms with Crippen molar-refractivity contribution in [2.45, 2.75) is 0 Å². The second kappa shape index (κ2) is 4.13. The number of carbonyl (C=O) groups is 1. The molecular weight excluding hydrogens is 276 g/mol. The normalized spacial score (nSPS) is 10.4. The predicted octanol–water partition coefficient (Wildman–Crippen LogP) is 1.89.